The first-order valence-corrected chi connectivity index (χ1v) is 26.8. The first kappa shape index (κ1) is 43.1. The fraction of sp³-hybridized carbons (Fsp3) is 0.0270. The molecule has 0 N–H and O–H groups in total. The molecule has 364 valence electrons. The lowest BCUT2D eigenvalue weighted by Gasteiger charge is -2.39. The smallest absolute Gasteiger partial charge is 0.136 e. The van der Waals surface area contributed by atoms with Crippen LogP contribution in [0.15, 0.2) is 277 Å². The van der Waals surface area contributed by atoms with Gasteiger partial charge in [-0.3, -0.25) is 0 Å². The van der Waals surface area contributed by atoms with Gasteiger partial charge in [0.25, 0.3) is 0 Å². The van der Waals surface area contributed by atoms with Crippen molar-refractivity contribution in [3.63, 3.8) is 0 Å². The number of para-hydroxylation sites is 5. The molecule has 1 aromatic heterocycles. The van der Waals surface area contributed by atoms with Crippen molar-refractivity contribution in [2.75, 3.05) is 4.90 Å². The Hall–Kier alpha value is -10.2. The molecule has 4 heteroatoms. The zero-order chi connectivity index (χ0) is 51.1. The highest BCUT2D eigenvalue weighted by molar-refractivity contribution is 6.12. The van der Waals surface area contributed by atoms with Crippen molar-refractivity contribution in [3.8, 4) is 67.5 Å². The summed E-state index contributed by atoms with van der Waals surface area (Å²) in [7, 11) is 0. The van der Waals surface area contributed by atoms with Gasteiger partial charge in [-0.25, -0.2) is 0 Å². The summed E-state index contributed by atoms with van der Waals surface area (Å²) in [4.78, 5) is 2.47. The molecule has 78 heavy (non-hydrogen) atoms. The lowest BCUT2D eigenvalue weighted by molar-refractivity contribution is 0.436. The van der Waals surface area contributed by atoms with Gasteiger partial charge in [-0.2, -0.15) is 0 Å². The molecule has 0 fully saturated rings. The zero-order valence-corrected chi connectivity index (χ0v) is 42.2. The van der Waals surface area contributed by atoms with Crippen molar-refractivity contribution in [2.24, 2.45) is 0 Å². The number of anilines is 3. The summed E-state index contributed by atoms with van der Waals surface area (Å²) in [5.41, 5.74) is 22.8. The SMILES string of the molecule is c1cc(-c2ccc3c(c2)-c2ccccc2C32c3ccccc3Oc3ccccc32)cc(N(c2ccc(-c3cccc4oc5ccccc5c34)cc2)c2cccc3c2-c2ccccc2C32c3ccccc3Oc3ccccc32)c1. The molecule has 0 bridgehead atoms. The molecule has 3 heterocycles. The van der Waals surface area contributed by atoms with Crippen LogP contribution in [0.2, 0.25) is 0 Å². The van der Waals surface area contributed by atoms with E-state index < -0.39 is 10.8 Å². The van der Waals surface area contributed by atoms with Gasteiger partial charge in [0.15, 0.2) is 0 Å². The van der Waals surface area contributed by atoms with Crippen LogP contribution in [0.5, 0.6) is 23.0 Å². The van der Waals surface area contributed by atoms with E-state index in [-0.39, 0.29) is 0 Å². The Kier molecular flexibility index (Phi) is 8.94. The van der Waals surface area contributed by atoms with Crippen molar-refractivity contribution in [2.45, 2.75) is 10.8 Å². The molecular weight excluding hydrogens is 951 g/mol. The maximum Gasteiger partial charge on any atom is 0.136 e. The van der Waals surface area contributed by atoms with Crippen LogP contribution >= 0.6 is 0 Å². The molecule has 4 nitrogen and oxygen atoms in total. The maximum atomic E-state index is 6.75. The van der Waals surface area contributed by atoms with E-state index in [2.05, 4.69) is 272 Å². The highest BCUT2D eigenvalue weighted by Crippen LogP contribution is 2.65. The minimum atomic E-state index is -0.625. The second-order valence-electron chi connectivity index (χ2n) is 20.9. The van der Waals surface area contributed by atoms with E-state index >= 15 is 0 Å². The summed E-state index contributed by atoms with van der Waals surface area (Å²) in [6.07, 6.45) is 0. The average molecular weight is 996 g/mol. The van der Waals surface area contributed by atoms with E-state index in [4.69, 9.17) is 13.9 Å². The van der Waals surface area contributed by atoms with Crippen LogP contribution in [0.3, 0.4) is 0 Å². The fourth-order valence-electron chi connectivity index (χ4n) is 14.2. The summed E-state index contributed by atoms with van der Waals surface area (Å²) in [6, 6.07) is 99.2. The van der Waals surface area contributed by atoms with E-state index in [1.807, 2.05) is 6.07 Å². The minimum absolute atomic E-state index is 0.538. The number of hydrogen-bond donors (Lipinski definition) is 0. The van der Waals surface area contributed by atoms with E-state index in [1.54, 1.807) is 0 Å². The molecule has 2 aliphatic heterocycles. The molecule has 0 amide bonds. The third kappa shape index (κ3) is 5.73. The average Bonchev–Trinajstić information content (AvgIpc) is 4.27. The quantitative estimate of drug-likeness (QED) is 0.172. The standard InChI is InChI=1S/C74H45NO3/c1-4-24-56-52(20-1)55-45-48(40-43-58(55)73(56)59-26-6-11-33-66(59)77-67-34-12-7-27-60(67)73)47-18-15-19-50(44-47)75(49-41-38-46(39-42-49)51-23-16-37-70-71(51)54-22-3-10-32-65(54)76-70)64-31-17-30-63-72(64)53-21-2-5-25-57(53)74(63)61-28-8-13-35-68(61)78-69-36-14-9-29-62(69)74/h1-45H. The molecule has 0 saturated heterocycles. The van der Waals surface area contributed by atoms with Gasteiger partial charge in [0.1, 0.15) is 34.2 Å². The molecule has 12 aromatic carbocycles. The van der Waals surface area contributed by atoms with Crippen molar-refractivity contribution in [1.29, 1.82) is 0 Å². The van der Waals surface area contributed by atoms with Crippen LogP contribution in [-0.2, 0) is 10.8 Å². The third-order valence-corrected chi connectivity index (χ3v) is 17.2. The van der Waals surface area contributed by atoms with E-state index in [9.17, 15) is 0 Å². The largest absolute Gasteiger partial charge is 0.457 e. The summed E-state index contributed by atoms with van der Waals surface area (Å²) < 4.78 is 19.8. The van der Waals surface area contributed by atoms with Crippen molar-refractivity contribution in [3.05, 3.63) is 317 Å². The normalized spacial score (nSPS) is 14.1. The summed E-state index contributed by atoms with van der Waals surface area (Å²) >= 11 is 0. The van der Waals surface area contributed by atoms with E-state index in [0.29, 0.717) is 0 Å². The lowest BCUT2D eigenvalue weighted by Crippen LogP contribution is -2.32. The third-order valence-electron chi connectivity index (χ3n) is 17.2. The summed E-state index contributed by atoms with van der Waals surface area (Å²) in [5.74, 6) is 3.53. The molecule has 17 rings (SSSR count). The van der Waals surface area contributed by atoms with Crippen molar-refractivity contribution in [1.82, 2.24) is 0 Å². The van der Waals surface area contributed by atoms with Crippen molar-refractivity contribution < 1.29 is 13.9 Å². The van der Waals surface area contributed by atoms with E-state index in [1.165, 1.54) is 44.5 Å². The van der Waals surface area contributed by atoms with Crippen LogP contribution in [0.4, 0.5) is 17.1 Å². The van der Waals surface area contributed by atoms with E-state index in [0.717, 1.165) is 107 Å². The maximum absolute atomic E-state index is 6.75. The fourth-order valence-corrected chi connectivity index (χ4v) is 14.2. The molecule has 0 unspecified atom stereocenters. The highest BCUT2D eigenvalue weighted by atomic mass is 16.5. The van der Waals surface area contributed by atoms with Crippen LogP contribution in [0, 0.1) is 0 Å². The minimum Gasteiger partial charge on any atom is -0.457 e. The number of fused-ring (bicyclic) bond motifs is 21. The molecule has 0 radical (unpaired) electrons. The highest BCUT2D eigenvalue weighted by Gasteiger charge is 2.53. The molecular formula is C74H45NO3. The van der Waals surface area contributed by atoms with Crippen LogP contribution < -0.4 is 14.4 Å². The number of furan rings is 1. The Morgan fingerprint density at radius 2 is 0.756 bits per heavy atom. The number of rotatable bonds is 5. The Morgan fingerprint density at radius 1 is 0.282 bits per heavy atom. The van der Waals surface area contributed by atoms with Gasteiger partial charge in [0, 0.05) is 50.0 Å². The number of nitrogens with zero attached hydrogens (tertiary/aromatic N) is 1. The second kappa shape index (κ2) is 16.2. The number of benzene rings is 12. The van der Waals surface area contributed by atoms with Gasteiger partial charge in [-0.1, -0.05) is 200 Å². The van der Waals surface area contributed by atoms with Gasteiger partial charge >= 0.3 is 0 Å². The van der Waals surface area contributed by atoms with Gasteiger partial charge in [-0.05, 0) is 134 Å². The molecule has 0 saturated carbocycles. The van der Waals surface area contributed by atoms with Gasteiger partial charge < -0.3 is 18.8 Å². The number of ether oxygens (including phenoxy) is 2. The second-order valence-corrected chi connectivity index (χ2v) is 20.9. The molecule has 2 aliphatic carbocycles. The summed E-state index contributed by atoms with van der Waals surface area (Å²) in [6.45, 7) is 0. The molecule has 4 aliphatic rings. The monoisotopic (exact) mass is 995 g/mol. The first-order valence-electron chi connectivity index (χ1n) is 26.8. The summed E-state index contributed by atoms with van der Waals surface area (Å²) in [5, 5.41) is 2.24. The zero-order valence-electron chi connectivity index (χ0n) is 42.2. The topological polar surface area (TPSA) is 34.8 Å². The Morgan fingerprint density at radius 3 is 1.44 bits per heavy atom. The Bertz CT molecular complexity index is 4570. The lowest BCUT2D eigenvalue weighted by atomic mass is 9.66. The number of hydrogen-bond acceptors (Lipinski definition) is 4. The van der Waals surface area contributed by atoms with Crippen LogP contribution in [0.1, 0.15) is 44.5 Å². The van der Waals surface area contributed by atoms with Crippen molar-refractivity contribution >= 4 is 39.0 Å². The first-order chi connectivity index (χ1) is 38.7. The molecule has 0 atom stereocenters. The Balaban J connectivity index is 0.875. The van der Waals surface area contributed by atoms with Gasteiger partial charge in [0.2, 0.25) is 0 Å². The van der Waals surface area contributed by atoms with Gasteiger partial charge in [-0.15, -0.1) is 0 Å². The molecule has 13 aromatic rings. The Labute approximate surface area is 451 Å². The van der Waals surface area contributed by atoms with Crippen LogP contribution in [0.25, 0.3) is 66.4 Å². The predicted molar refractivity (Wildman–Crippen MR) is 314 cm³/mol. The predicted octanol–water partition coefficient (Wildman–Crippen LogP) is 19.3. The van der Waals surface area contributed by atoms with Crippen LogP contribution in [-0.4, -0.2) is 0 Å². The van der Waals surface area contributed by atoms with Gasteiger partial charge in [0.05, 0.1) is 16.5 Å². The molecule has 2 spiro atoms.